The Morgan fingerprint density at radius 3 is 2.32 bits per heavy atom. The molecule has 0 saturated heterocycles. The lowest BCUT2D eigenvalue weighted by molar-refractivity contribution is -0.166. The van der Waals surface area contributed by atoms with E-state index in [1.165, 1.54) is 12.1 Å². The molecule has 1 aromatic carbocycles. The number of nitrogens with zero attached hydrogens (tertiary/aromatic N) is 1. The van der Waals surface area contributed by atoms with Gasteiger partial charge in [0.25, 0.3) is 5.91 Å². The summed E-state index contributed by atoms with van der Waals surface area (Å²) >= 11 is 0. The van der Waals surface area contributed by atoms with E-state index in [4.69, 9.17) is 4.74 Å². The number of fused-ring (bicyclic) bond motifs is 1. The Labute approximate surface area is 162 Å². The Bertz CT molecular complexity index is 874. The van der Waals surface area contributed by atoms with Crippen molar-refractivity contribution in [2.45, 2.75) is 52.1 Å². The molecule has 1 aromatic rings. The van der Waals surface area contributed by atoms with Crippen LogP contribution in [-0.4, -0.2) is 23.7 Å². The standard InChI is InChI=1S/C19H22N4O5/c1-4-14(24)21-11-9-12-17(13(10-11)22-15(25)5-2)23-18(27)19(12,7-8-20)28-16(26)6-3/h9-10H,4-7H2,1-3H3,(H,21,24)(H,22,25)(H,23,27). The van der Waals surface area contributed by atoms with Crippen molar-refractivity contribution in [3.05, 3.63) is 17.7 Å². The van der Waals surface area contributed by atoms with Crippen LogP contribution in [0.4, 0.5) is 17.1 Å². The molecule has 0 fully saturated rings. The second-order valence-electron chi connectivity index (χ2n) is 6.19. The first-order chi connectivity index (χ1) is 13.3. The van der Waals surface area contributed by atoms with Crippen molar-refractivity contribution >= 4 is 40.8 Å². The zero-order valence-electron chi connectivity index (χ0n) is 16.0. The van der Waals surface area contributed by atoms with Gasteiger partial charge < -0.3 is 20.7 Å². The van der Waals surface area contributed by atoms with E-state index < -0.39 is 23.9 Å². The van der Waals surface area contributed by atoms with Crippen LogP contribution in [0.5, 0.6) is 0 Å². The number of amides is 3. The monoisotopic (exact) mass is 386 g/mol. The summed E-state index contributed by atoms with van der Waals surface area (Å²) in [7, 11) is 0. The molecule has 1 unspecified atom stereocenters. The third-order valence-corrected chi connectivity index (χ3v) is 4.28. The molecule has 2 rings (SSSR count). The van der Waals surface area contributed by atoms with Gasteiger partial charge in [-0.1, -0.05) is 20.8 Å². The number of benzene rings is 1. The van der Waals surface area contributed by atoms with Crippen LogP contribution in [0.25, 0.3) is 0 Å². The minimum Gasteiger partial charge on any atom is -0.443 e. The van der Waals surface area contributed by atoms with Gasteiger partial charge in [-0.05, 0) is 12.1 Å². The van der Waals surface area contributed by atoms with Crippen molar-refractivity contribution in [3.8, 4) is 6.07 Å². The van der Waals surface area contributed by atoms with Gasteiger partial charge in [-0.2, -0.15) is 5.26 Å². The fraction of sp³-hybridized carbons (Fsp3) is 0.421. The van der Waals surface area contributed by atoms with E-state index in [1.54, 1.807) is 20.8 Å². The topological polar surface area (TPSA) is 137 Å². The number of nitrogens with one attached hydrogen (secondary N) is 3. The number of rotatable bonds is 7. The number of carbonyl (C=O) groups excluding carboxylic acids is 4. The summed E-state index contributed by atoms with van der Waals surface area (Å²) < 4.78 is 5.40. The summed E-state index contributed by atoms with van der Waals surface area (Å²) in [4.78, 5) is 48.5. The zero-order chi connectivity index (χ0) is 20.9. The Balaban J connectivity index is 2.67. The summed E-state index contributed by atoms with van der Waals surface area (Å²) in [6, 6.07) is 4.86. The fourth-order valence-electron chi connectivity index (χ4n) is 2.78. The third kappa shape index (κ3) is 3.96. The van der Waals surface area contributed by atoms with Gasteiger partial charge in [0.15, 0.2) is 0 Å². The Hall–Kier alpha value is -3.41. The first-order valence-electron chi connectivity index (χ1n) is 8.99. The number of esters is 1. The smallest absolute Gasteiger partial charge is 0.306 e. The van der Waals surface area contributed by atoms with Crippen LogP contribution in [-0.2, 0) is 29.5 Å². The number of anilines is 3. The molecule has 9 heteroatoms. The summed E-state index contributed by atoms with van der Waals surface area (Å²) in [6.45, 7) is 4.91. The lowest BCUT2D eigenvalue weighted by Crippen LogP contribution is -2.39. The second kappa shape index (κ2) is 8.52. The Morgan fingerprint density at radius 1 is 1.11 bits per heavy atom. The van der Waals surface area contributed by atoms with Crippen LogP contribution in [0.1, 0.15) is 52.0 Å². The van der Waals surface area contributed by atoms with E-state index in [-0.39, 0.29) is 48.0 Å². The third-order valence-electron chi connectivity index (χ3n) is 4.28. The van der Waals surface area contributed by atoms with Gasteiger partial charge >= 0.3 is 5.97 Å². The Morgan fingerprint density at radius 2 is 1.75 bits per heavy atom. The SMILES string of the molecule is CCC(=O)Nc1cc(NC(=O)CC)c2c(c1)C(CC#N)(OC(=O)CC)C(=O)N2. The van der Waals surface area contributed by atoms with E-state index in [9.17, 15) is 24.4 Å². The van der Waals surface area contributed by atoms with Gasteiger partial charge in [-0.3, -0.25) is 19.2 Å². The maximum atomic E-state index is 12.8. The molecule has 1 heterocycles. The molecule has 1 atom stereocenters. The van der Waals surface area contributed by atoms with E-state index in [2.05, 4.69) is 16.0 Å². The van der Waals surface area contributed by atoms with Crippen LogP contribution in [0.15, 0.2) is 12.1 Å². The molecule has 0 bridgehead atoms. The number of carbonyl (C=O) groups is 4. The number of nitriles is 1. The molecular weight excluding hydrogens is 364 g/mol. The van der Waals surface area contributed by atoms with Crippen LogP contribution in [0.2, 0.25) is 0 Å². The van der Waals surface area contributed by atoms with Crippen molar-refractivity contribution < 1.29 is 23.9 Å². The van der Waals surface area contributed by atoms with Crippen molar-refractivity contribution in [1.82, 2.24) is 0 Å². The molecule has 1 aliphatic heterocycles. The molecule has 9 nitrogen and oxygen atoms in total. The second-order valence-corrected chi connectivity index (χ2v) is 6.19. The van der Waals surface area contributed by atoms with Crippen molar-refractivity contribution in [3.63, 3.8) is 0 Å². The normalized spacial score (nSPS) is 17.1. The summed E-state index contributed by atoms with van der Waals surface area (Å²) in [5.74, 6) is -1.92. The first-order valence-corrected chi connectivity index (χ1v) is 8.99. The Kier molecular flexibility index (Phi) is 6.36. The fourth-order valence-corrected chi connectivity index (χ4v) is 2.78. The predicted octanol–water partition coefficient (Wildman–Crippen LogP) is 2.40. The summed E-state index contributed by atoms with van der Waals surface area (Å²) in [5, 5.41) is 17.2. The number of hydrogen-bond acceptors (Lipinski definition) is 6. The highest BCUT2D eigenvalue weighted by Crippen LogP contribution is 2.46. The molecule has 0 saturated carbocycles. The number of ether oxygens (including phenoxy) is 1. The predicted molar refractivity (Wildman–Crippen MR) is 101 cm³/mol. The van der Waals surface area contributed by atoms with Gasteiger partial charge in [-0.25, -0.2) is 0 Å². The summed E-state index contributed by atoms with van der Waals surface area (Å²) in [5.41, 5.74) is -0.850. The number of hydrogen-bond donors (Lipinski definition) is 3. The molecule has 0 radical (unpaired) electrons. The quantitative estimate of drug-likeness (QED) is 0.615. The largest absolute Gasteiger partial charge is 0.443 e. The molecule has 3 amide bonds. The molecule has 0 aromatic heterocycles. The van der Waals surface area contributed by atoms with E-state index in [1.807, 2.05) is 6.07 Å². The maximum Gasteiger partial charge on any atom is 0.306 e. The highest BCUT2D eigenvalue weighted by Gasteiger charge is 2.51. The van der Waals surface area contributed by atoms with Gasteiger partial charge in [0.2, 0.25) is 17.4 Å². The average Bonchev–Trinajstić information content (AvgIpc) is 2.94. The molecule has 28 heavy (non-hydrogen) atoms. The molecule has 0 spiro atoms. The first kappa shape index (κ1) is 20.9. The van der Waals surface area contributed by atoms with E-state index >= 15 is 0 Å². The van der Waals surface area contributed by atoms with Crippen LogP contribution in [0.3, 0.4) is 0 Å². The minimum absolute atomic E-state index is 0.0154. The van der Waals surface area contributed by atoms with E-state index in [0.29, 0.717) is 5.69 Å². The summed E-state index contributed by atoms with van der Waals surface area (Å²) in [6.07, 6.45) is 0.0207. The average molecular weight is 386 g/mol. The van der Waals surface area contributed by atoms with Crippen molar-refractivity contribution in [2.24, 2.45) is 0 Å². The molecule has 1 aliphatic rings. The maximum absolute atomic E-state index is 12.8. The van der Waals surface area contributed by atoms with Crippen LogP contribution in [0, 0.1) is 11.3 Å². The van der Waals surface area contributed by atoms with Gasteiger partial charge in [0, 0.05) is 30.5 Å². The van der Waals surface area contributed by atoms with Gasteiger partial charge in [0.05, 0.1) is 23.9 Å². The van der Waals surface area contributed by atoms with Crippen LogP contribution >= 0.6 is 0 Å². The molecular formula is C19H22N4O5. The van der Waals surface area contributed by atoms with Crippen molar-refractivity contribution in [1.29, 1.82) is 5.26 Å². The lowest BCUT2D eigenvalue weighted by atomic mass is 9.91. The van der Waals surface area contributed by atoms with Gasteiger partial charge in [0.1, 0.15) is 0 Å². The minimum atomic E-state index is -1.85. The van der Waals surface area contributed by atoms with Crippen molar-refractivity contribution in [2.75, 3.05) is 16.0 Å². The lowest BCUT2D eigenvalue weighted by Gasteiger charge is -2.25. The van der Waals surface area contributed by atoms with Crippen LogP contribution < -0.4 is 16.0 Å². The molecule has 3 N–H and O–H groups in total. The highest BCUT2D eigenvalue weighted by molar-refractivity contribution is 6.12. The zero-order valence-corrected chi connectivity index (χ0v) is 16.0. The molecule has 148 valence electrons. The van der Waals surface area contributed by atoms with Gasteiger partial charge in [-0.15, -0.1) is 0 Å². The van der Waals surface area contributed by atoms with E-state index in [0.717, 1.165) is 0 Å². The molecule has 0 aliphatic carbocycles. The highest BCUT2D eigenvalue weighted by atomic mass is 16.6.